The van der Waals surface area contributed by atoms with Gasteiger partial charge >= 0.3 is 5.97 Å². The number of carbonyl (C=O) groups excluding carboxylic acids is 2. The van der Waals surface area contributed by atoms with Gasteiger partial charge in [0.1, 0.15) is 17.5 Å². The Balaban J connectivity index is 1.95. The van der Waals surface area contributed by atoms with Crippen molar-refractivity contribution in [1.29, 1.82) is 0 Å². The summed E-state index contributed by atoms with van der Waals surface area (Å²) in [6, 6.07) is 12.3. The summed E-state index contributed by atoms with van der Waals surface area (Å²) >= 11 is 0. The SMILES string of the molecule is CCOC(=O)[C@@H](Cc1ccc(O)cc1)NC(=O)CCc1ccc(O)cc1. The Hall–Kier alpha value is -3.02. The van der Waals surface area contributed by atoms with E-state index in [0.29, 0.717) is 6.42 Å². The van der Waals surface area contributed by atoms with Crippen molar-refractivity contribution in [2.45, 2.75) is 32.2 Å². The van der Waals surface area contributed by atoms with Crippen molar-refractivity contribution in [1.82, 2.24) is 5.32 Å². The van der Waals surface area contributed by atoms with Crippen LogP contribution in [0.4, 0.5) is 0 Å². The lowest BCUT2D eigenvalue weighted by Crippen LogP contribution is -2.43. The highest BCUT2D eigenvalue weighted by Gasteiger charge is 2.22. The summed E-state index contributed by atoms with van der Waals surface area (Å²) in [6.45, 7) is 1.94. The molecule has 0 spiro atoms. The number of hydrogen-bond donors (Lipinski definition) is 3. The van der Waals surface area contributed by atoms with E-state index in [9.17, 15) is 19.8 Å². The molecule has 0 aliphatic heterocycles. The molecule has 6 heteroatoms. The predicted molar refractivity (Wildman–Crippen MR) is 96.8 cm³/mol. The molecule has 26 heavy (non-hydrogen) atoms. The van der Waals surface area contributed by atoms with Gasteiger partial charge < -0.3 is 20.3 Å². The first kappa shape index (κ1) is 19.3. The maximum absolute atomic E-state index is 12.2. The summed E-state index contributed by atoms with van der Waals surface area (Å²) in [5, 5.41) is 21.3. The molecule has 2 rings (SSSR count). The molecule has 0 fully saturated rings. The molecule has 0 bridgehead atoms. The molecule has 1 atom stereocenters. The highest BCUT2D eigenvalue weighted by atomic mass is 16.5. The topological polar surface area (TPSA) is 95.9 Å². The predicted octanol–water partition coefficient (Wildman–Crippen LogP) is 2.32. The first-order valence-electron chi connectivity index (χ1n) is 8.49. The number of ether oxygens (including phenoxy) is 1. The van der Waals surface area contributed by atoms with Gasteiger partial charge in [-0.15, -0.1) is 0 Å². The van der Waals surface area contributed by atoms with Crippen molar-refractivity contribution < 1.29 is 24.5 Å². The van der Waals surface area contributed by atoms with E-state index in [2.05, 4.69) is 5.32 Å². The maximum Gasteiger partial charge on any atom is 0.328 e. The molecule has 0 heterocycles. The van der Waals surface area contributed by atoms with E-state index in [4.69, 9.17) is 4.74 Å². The Labute approximate surface area is 152 Å². The number of nitrogens with one attached hydrogen (secondary N) is 1. The van der Waals surface area contributed by atoms with Crippen molar-refractivity contribution in [2.24, 2.45) is 0 Å². The number of aryl methyl sites for hydroxylation is 1. The van der Waals surface area contributed by atoms with Gasteiger partial charge in [-0.25, -0.2) is 4.79 Å². The third kappa shape index (κ3) is 6.12. The van der Waals surface area contributed by atoms with Crippen molar-refractivity contribution in [3.63, 3.8) is 0 Å². The molecule has 2 aromatic rings. The van der Waals surface area contributed by atoms with Gasteiger partial charge in [-0.3, -0.25) is 4.79 Å². The van der Waals surface area contributed by atoms with E-state index in [1.165, 1.54) is 12.1 Å². The standard InChI is InChI=1S/C20H23NO5/c1-2-26-20(25)18(13-15-5-10-17(23)11-6-15)21-19(24)12-7-14-3-8-16(22)9-4-14/h3-6,8-11,18,22-23H,2,7,12-13H2,1H3,(H,21,24)/t18-/m1/s1. The molecular formula is C20H23NO5. The van der Waals surface area contributed by atoms with Crippen LogP contribution in [0.15, 0.2) is 48.5 Å². The van der Waals surface area contributed by atoms with Crippen LogP contribution in [0.5, 0.6) is 11.5 Å². The molecule has 0 aliphatic rings. The number of benzene rings is 2. The van der Waals surface area contributed by atoms with Gasteiger partial charge in [0.15, 0.2) is 0 Å². The zero-order valence-corrected chi connectivity index (χ0v) is 14.6. The van der Waals surface area contributed by atoms with Gasteiger partial charge in [0, 0.05) is 12.8 Å². The zero-order chi connectivity index (χ0) is 18.9. The van der Waals surface area contributed by atoms with Crippen LogP contribution < -0.4 is 5.32 Å². The Kier molecular flexibility index (Phi) is 7.02. The van der Waals surface area contributed by atoms with Crippen LogP contribution in [0.2, 0.25) is 0 Å². The normalized spacial score (nSPS) is 11.6. The highest BCUT2D eigenvalue weighted by molar-refractivity contribution is 5.84. The second-order valence-electron chi connectivity index (χ2n) is 5.91. The third-order valence-electron chi connectivity index (χ3n) is 3.86. The molecule has 3 N–H and O–H groups in total. The number of phenols is 2. The highest BCUT2D eigenvalue weighted by Crippen LogP contribution is 2.13. The number of carbonyl (C=O) groups is 2. The lowest BCUT2D eigenvalue weighted by molar-refractivity contribution is -0.147. The lowest BCUT2D eigenvalue weighted by atomic mass is 10.0. The fourth-order valence-corrected chi connectivity index (χ4v) is 2.49. The monoisotopic (exact) mass is 357 g/mol. The Morgan fingerprint density at radius 3 is 2.04 bits per heavy atom. The van der Waals surface area contributed by atoms with Crippen LogP contribution in [-0.2, 0) is 27.2 Å². The van der Waals surface area contributed by atoms with E-state index in [1.807, 2.05) is 0 Å². The number of aromatic hydroxyl groups is 2. The van der Waals surface area contributed by atoms with E-state index >= 15 is 0 Å². The number of phenolic OH excluding ortho intramolecular Hbond substituents is 2. The van der Waals surface area contributed by atoms with Gasteiger partial charge in [0.25, 0.3) is 0 Å². The zero-order valence-electron chi connectivity index (χ0n) is 14.6. The maximum atomic E-state index is 12.2. The largest absolute Gasteiger partial charge is 0.508 e. The van der Waals surface area contributed by atoms with Crippen LogP contribution >= 0.6 is 0 Å². The molecule has 6 nitrogen and oxygen atoms in total. The minimum atomic E-state index is -0.785. The average Bonchev–Trinajstić information content (AvgIpc) is 2.62. The van der Waals surface area contributed by atoms with Gasteiger partial charge in [-0.2, -0.15) is 0 Å². The molecule has 0 radical (unpaired) electrons. The molecule has 0 aromatic heterocycles. The van der Waals surface area contributed by atoms with Gasteiger partial charge in [-0.05, 0) is 48.7 Å². The minimum absolute atomic E-state index is 0.138. The van der Waals surface area contributed by atoms with Gasteiger partial charge in [-0.1, -0.05) is 24.3 Å². The van der Waals surface area contributed by atoms with Gasteiger partial charge in [0.2, 0.25) is 5.91 Å². The number of hydrogen-bond acceptors (Lipinski definition) is 5. The molecule has 0 saturated carbocycles. The van der Waals surface area contributed by atoms with Crippen LogP contribution in [0, 0.1) is 0 Å². The summed E-state index contributed by atoms with van der Waals surface area (Å²) in [6.07, 6.45) is 1.00. The van der Waals surface area contributed by atoms with Crippen molar-refractivity contribution in [2.75, 3.05) is 6.61 Å². The molecule has 2 aromatic carbocycles. The summed E-state index contributed by atoms with van der Waals surface area (Å²) in [5.74, 6) is -0.428. The van der Waals surface area contributed by atoms with Crippen molar-refractivity contribution >= 4 is 11.9 Å². The van der Waals surface area contributed by atoms with E-state index < -0.39 is 12.0 Å². The van der Waals surface area contributed by atoms with E-state index in [1.54, 1.807) is 43.3 Å². The van der Waals surface area contributed by atoms with E-state index in [-0.39, 0.29) is 36.9 Å². The minimum Gasteiger partial charge on any atom is -0.508 e. The van der Waals surface area contributed by atoms with Crippen molar-refractivity contribution in [3.8, 4) is 11.5 Å². The summed E-state index contributed by atoms with van der Waals surface area (Å²) in [5.41, 5.74) is 1.73. The Bertz CT molecular complexity index is 725. The van der Waals surface area contributed by atoms with Crippen molar-refractivity contribution in [3.05, 3.63) is 59.7 Å². The molecule has 0 aliphatic carbocycles. The molecule has 0 saturated heterocycles. The number of esters is 1. The summed E-state index contributed by atoms with van der Waals surface area (Å²) < 4.78 is 5.05. The molecule has 138 valence electrons. The average molecular weight is 357 g/mol. The fourth-order valence-electron chi connectivity index (χ4n) is 2.49. The van der Waals surface area contributed by atoms with E-state index in [0.717, 1.165) is 11.1 Å². The lowest BCUT2D eigenvalue weighted by Gasteiger charge is -2.17. The Morgan fingerprint density at radius 2 is 1.50 bits per heavy atom. The smallest absolute Gasteiger partial charge is 0.328 e. The summed E-state index contributed by atoms with van der Waals surface area (Å²) in [7, 11) is 0. The fraction of sp³-hybridized carbons (Fsp3) is 0.300. The first-order chi connectivity index (χ1) is 12.5. The first-order valence-corrected chi connectivity index (χ1v) is 8.49. The molecule has 0 unspecified atom stereocenters. The molecule has 1 amide bonds. The second kappa shape index (κ2) is 9.46. The van der Waals surface area contributed by atoms with Crippen LogP contribution in [0.25, 0.3) is 0 Å². The third-order valence-corrected chi connectivity index (χ3v) is 3.86. The quantitative estimate of drug-likeness (QED) is 0.630. The van der Waals surface area contributed by atoms with Crippen LogP contribution in [0.3, 0.4) is 0 Å². The van der Waals surface area contributed by atoms with Crippen LogP contribution in [-0.4, -0.2) is 34.7 Å². The number of rotatable bonds is 8. The van der Waals surface area contributed by atoms with Gasteiger partial charge in [0.05, 0.1) is 6.61 Å². The summed E-state index contributed by atoms with van der Waals surface area (Å²) in [4.78, 5) is 24.4. The molecular weight excluding hydrogens is 334 g/mol. The Morgan fingerprint density at radius 1 is 0.962 bits per heavy atom. The van der Waals surface area contributed by atoms with Crippen LogP contribution in [0.1, 0.15) is 24.5 Å². The second-order valence-corrected chi connectivity index (χ2v) is 5.91. The number of amides is 1.